The molecule has 8 heteroatoms. The predicted molar refractivity (Wildman–Crippen MR) is 98.7 cm³/mol. The largest absolute Gasteiger partial charge is 0.496 e. The molecular weight excluding hydrogens is 373 g/mol. The molecule has 0 bridgehead atoms. The first-order valence-corrected chi connectivity index (χ1v) is 8.46. The smallest absolute Gasteiger partial charge is 0.416 e. The van der Waals surface area contributed by atoms with Crippen molar-refractivity contribution in [3.05, 3.63) is 59.3 Å². The Morgan fingerprint density at radius 1 is 1.07 bits per heavy atom. The minimum absolute atomic E-state index is 0.247. The zero-order chi connectivity index (χ0) is 20.5. The number of aromatic amines is 1. The zero-order valence-corrected chi connectivity index (χ0v) is 15.5. The van der Waals surface area contributed by atoms with Gasteiger partial charge in [-0.25, -0.2) is 0 Å². The lowest BCUT2D eigenvalue weighted by Gasteiger charge is -2.15. The number of benzene rings is 2. The van der Waals surface area contributed by atoms with Crippen LogP contribution in [0.5, 0.6) is 11.5 Å². The van der Waals surface area contributed by atoms with Crippen molar-refractivity contribution in [1.29, 1.82) is 0 Å². The van der Waals surface area contributed by atoms with E-state index in [-0.39, 0.29) is 5.69 Å². The first-order valence-electron chi connectivity index (χ1n) is 8.46. The van der Waals surface area contributed by atoms with E-state index in [1.807, 2.05) is 0 Å². The second-order valence-corrected chi connectivity index (χ2v) is 6.26. The number of ether oxygens (including phenoxy) is 2. The van der Waals surface area contributed by atoms with Gasteiger partial charge < -0.3 is 19.8 Å². The number of methoxy groups -OCH3 is 2. The van der Waals surface area contributed by atoms with Crippen LogP contribution in [0.1, 0.15) is 34.6 Å². The molecule has 0 aliphatic carbocycles. The molecule has 0 spiro atoms. The van der Waals surface area contributed by atoms with Gasteiger partial charge in [-0.3, -0.25) is 4.79 Å². The maximum absolute atomic E-state index is 12.9. The Hall–Kier alpha value is -3.16. The average molecular weight is 392 g/mol. The predicted octanol–water partition coefficient (Wildman–Crippen LogP) is 4.69. The van der Waals surface area contributed by atoms with Crippen LogP contribution in [-0.4, -0.2) is 25.1 Å². The lowest BCUT2D eigenvalue weighted by atomic mass is 10.0. The molecule has 148 valence electrons. The van der Waals surface area contributed by atoms with Crippen molar-refractivity contribution in [2.45, 2.75) is 19.1 Å². The fourth-order valence-corrected chi connectivity index (χ4v) is 2.98. The van der Waals surface area contributed by atoms with Crippen molar-refractivity contribution < 1.29 is 27.4 Å². The van der Waals surface area contributed by atoms with Gasteiger partial charge in [-0.05, 0) is 42.8 Å². The van der Waals surface area contributed by atoms with Crippen LogP contribution in [0.25, 0.3) is 10.9 Å². The summed E-state index contributed by atoms with van der Waals surface area (Å²) in [7, 11) is 3.03. The van der Waals surface area contributed by atoms with Gasteiger partial charge in [0.05, 0.1) is 31.3 Å². The molecule has 0 aliphatic rings. The van der Waals surface area contributed by atoms with E-state index in [1.54, 1.807) is 25.1 Å². The highest BCUT2D eigenvalue weighted by atomic mass is 19.4. The van der Waals surface area contributed by atoms with Crippen molar-refractivity contribution in [3.63, 3.8) is 0 Å². The number of carbonyl (C=O) groups is 1. The fourth-order valence-electron chi connectivity index (χ4n) is 2.98. The first kappa shape index (κ1) is 19.6. The molecule has 28 heavy (non-hydrogen) atoms. The van der Waals surface area contributed by atoms with Gasteiger partial charge in [0.1, 0.15) is 17.2 Å². The van der Waals surface area contributed by atoms with E-state index in [1.165, 1.54) is 26.4 Å². The molecule has 5 nitrogen and oxygen atoms in total. The summed E-state index contributed by atoms with van der Waals surface area (Å²) < 4.78 is 49.3. The molecule has 0 radical (unpaired) electrons. The molecule has 2 aromatic carbocycles. The van der Waals surface area contributed by atoms with Crippen molar-refractivity contribution in [1.82, 2.24) is 10.3 Å². The number of amides is 1. The van der Waals surface area contributed by atoms with Crippen LogP contribution >= 0.6 is 0 Å². The Balaban J connectivity index is 1.87. The van der Waals surface area contributed by atoms with E-state index in [9.17, 15) is 18.0 Å². The minimum Gasteiger partial charge on any atom is -0.496 e. The van der Waals surface area contributed by atoms with Crippen LogP contribution < -0.4 is 14.8 Å². The number of carbonyl (C=O) groups excluding carboxylic acids is 1. The van der Waals surface area contributed by atoms with Crippen LogP contribution in [0, 0.1) is 0 Å². The molecule has 2 N–H and O–H groups in total. The van der Waals surface area contributed by atoms with Gasteiger partial charge in [0.25, 0.3) is 5.91 Å². The van der Waals surface area contributed by atoms with Gasteiger partial charge in [-0.1, -0.05) is 12.1 Å². The number of fused-ring (bicyclic) bond motifs is 1. The molecule has 1 aromatic heterocycles. The number of halogens is 3. The quantitative estimate of drug-likeness (QED) is 0.662. The van der Waals surface area contributed by atoms with Crippen LogP contribution in [0.3, 0.4) is 0 Å². The van der Waals surface area contributed by atoms with E-state index < -0.39 is 23.7 Å². The molecule has 0 fully saturated rings. The van der Waals surface area contributed by atoms with E-state index >= 15 is 0 Å². The summed E-state index contributed by atoms with van der Waals surface area (Å²) in [5, 5.41) is 3.37. The van der Waals surface area contributed by atoms with Gasteiger partial charge >= 0.3 is 6.18 Å². The van der Waals surface area contributed by atoms with Crippen molar-refractivity contribution in [2.75, 3.05) is 14.2 Å². The SMILES string of the molecule is COc1ccc(OC)c2[nH]c(C(=O)NC(C)c3cccc(C(F)(F)F)c3)cc12. The highest BCUT2D eigenvalue weighted by molar-refractivity contribution is 6.01. The second kappa shape index (κ2) is 7.46. The topological polar surface area (TPSA) is 63.4 Å². The normalized spacial score (nSPS) is 12.6. The summed E-state index contributed by atoms with van der Waals surface area (Å²) in [4.78, 5) is 15.6. The first-order chi connectivity index (χ1) is 13.2. The summed E-state index contributed by atoms with van der Waals surface area (Å²) >= 11 is 0. The van der Waals surface area contributed by atoms with Gasteiger partial charge in [-0.15, -0.1) is 0 Å². The molecule has 0 saturated carbocycles. The van der Waals surface area contributed by atoms with Crippen molar-refractivity contribution in [3.8, 4) is 11.5 Å². The number of hydrogen-bond acceptors (Lipinski definition) is 3. The molecule has 1 amide bonds. The summed E-state index contributed by atoms with van der Waals surface area (Å²) in [5.74, 6) is 0.656. The van der Waals surface area contributed by atoms with Crippen LogP contribution in [0.15, 0.2) is 42.5 Å². The number of hydrogen-bond donors (Lipinski definition) is 2. The highest BCUT2D eigenvalue weighted by Gasteiger charge is 2.30. The Kier molecular flexibility index (Phi) is 5.22. The molecule has 1 unspecified atom stereocenters. The summed E-state index contributed by atoms with van der Waals surface area (Å²) in [5.41, 5.74) is 0.441. The van der Waals surface area contributed by atoms with Crippen LogP contribution in [0.4, 0.5) is 13.2 Å². The molecule has 1 atom stereocenters. The molecule has 3 rings (SSSR count). The number of nitrogens with one attached hydrogen (secondary N) is 2. The van der Waals surface area contributed by atoms with Gasteiger partial charge in [0.2, 0.25) is 0 Å². The third kappa shape index (κ3) is 3.76. The Bertz CT molecular complexity index is 971. The van der Waals surface area contributed by atoms with E-state index in [0.29, 0.717) is 28.0 Å². The fraction of sp³-hybridized carbons (Fsp3) is 0.250. The zero-order valence-electron chi connectivity index (χ0n) is 15.5. The number of H-pyrrole nitrogens is 1. The lowest BCUT2D eigenvalue weighted by Crippen LogP contribution is -2.27. The number of alkyl halides is 3. The van der Waals surface area contributed by atoms with Crippen molar-refractivity contribution >= 4 is 16.8 Å². The summed E-state index contributed by atoms with van der Waals surface area (Å²) in [6.07, 6.45) is -4.44. The highest BCUT2D eigenvalue weighted by Crippen LogP contribution is 2.34. The van der Waals surface area contributed by atoms with Crippen LogP contribution in [-0.2, 0) is 6.18 Å². The monoisotopic (exact) mass is 392 g/mol. The van der Waals surface area contributed by atoms with Gasteiger partial charge in [0, 0.05) is 5.39 Å². The van der Waals surface area contributed by atoms with Gasteiger partial charge in [0.15, 0.2) is 0 Å². The lowest BCUT2D eigenvalue weighted by molar-refractivity contribution is -0.137. The molecule has 0 saturated heterocycles. The molecule has 1 heterocycles. The maximum atomic E-state index is 12.9. The summed E-state index contributed by atoms with van der Waals surface area (Å²) in [6.45, 7) is 1.62. The Morgan fingerprint density at radius 3 is 2.39 bits per heavy atom. The second-order valence-electron chi connectivity index (χ2n) is 6.26. The van der Waals surface area contributed by atoms with Gasteiger partial charge in [-0.2, -0.15) is 13.2 Å². The Morgan fingerprint density at radius 2 is 1.75 bits per heavy atom. The van der Waals surface area contributed by atoms with E-state index in [2.05, 4.69) is 10.3 Å². The van der Waals surface area contributed by atoms with Crippen LogP contribution in [0.2, 0.25) is 0 Å². The minimum atomic E-state index is -4.44. The molecule has 0 aliphatic heterocycles. The molecule has 3 aromatic rings. The average Bonchev–Trinajstić information content (AvgIpc) is 3.12. The van der Waals surface area contributed by atoms with E-state index in [4.69, 9.17) is 9.47 Å². The Labute approximate surface area is 159 Å². The van der Waals surface area contributed by atoms with Crippen molar-refractivity contribution in [2.24, 2.45) is 0 Å². The third-order valence-electron chi connectivity index (χ3n) is 4.46. The molecular formula is C20H19F3N2O3. The standard InChI is InChI=1S/C20H19F3N2O3/c1-11(12-5-4-6-13(9-12)20(21,22)23)24-19(26)15-10-14-16(27-2)7-8-17(28-3)18(14)25-15/h4-11,25H,1-3H3,(H,24,26). The third-order valence-corrected chi connectivity index (χ3v) is 4.46. The van der Waals surface area contributed by atoms with E-state index in [0.717, 1.165) is 12.1 Å². The maximum Gasteiger partial charge on any atom is 0.416 e. The number of aromatic nitrogens is 1. The summed E-state index contributed by atoms with van der Waals surface area (Å²) in [6, 6.07) is 9.32. The number of rotatable bonds is 5.